The quantitative estimate of drug-likeness (QED) is 0.787. The minimum atomic E-state index is 0.415. The molecule has 0 unspecified atom stereocenters. The molecule has 0 spiro atoms. The van der Waals surface area contributed by atoms with Crippen LogP contribution in [-0.4, -0.2) is 31.5 Å². The summed E-state index contributed by atoms with van der Waals surface area (Å²) in [5.74, 6) is 0. The first kappa shape index (κ1) is 13.5. The van der Waals surface area contributed by atoms with E-state index in [1.807, 2.05) is 0 Å². The number of thiazole rings is 1. The Bertz CT molecular complexity index is 384. The maximum Gasteiger partial charge on any atom is 0.186 e. The Morgan fingerprint density at radius 2 is 1.94 bits per heavy atom. The summed E-state index contributed by atoms with van der Waals surface area (Å²) in [5, 5.41) is 0.978. The third-order valence-corrected chi connectivity index (χ3v) is 4.31. The molecule has 1 saturated heterocycles. The first-order valence-electron chi connectivity index (χ1n) is 6.54. The molecule has 18 heavy (non-hydrogen) atoms. The molecular formula is C13H20N2O2S. The smallest absolute Gasteiger partial charge is 0.186 e. The van der Waals surface area contributed by atoms with Gasteiger partial charge >= 0.3 is 0 Å². The van der Waals surface area contributed by atoms with Crippen molar-refractivity contribution in [2.45, 2.75) is 38.7 Å². The molecule has 0 amide bonds. The van der Waals surface area contributed by atoms with Crippen LogP contribution in [0.3, 0.4) is 0 Å². The average Bonchev–Trinajstić information content (AvgIpc) is 2.72. The first-order valence-corrected chi connectivity index (χ1v) is 7.35. The van der Waals surface area contributed by atoms with Crippen LogP contribution in [0.25, 0.3) is 0 Å². The second-order valence-electron chi connectivity index (χ2n) is 4.61. The van der Waals surface area contributed by atoms with E-state index < -0.39 is 0 Å². The van der Waals surface area contributed by atoms with E-state index in [1.165, 1.54) is 43.4 Å². The zero-order valence-corrected chi connectivity index (χ0v) is 11.7. The number of carbonyl (C=O) groups is 1. The summed E-state index contributed by atoms with van der Waals surface area (Å²) in [5.41, 5.74) is 0.773. The van der Waals surface area contributed by atoms with E-state index in [-0.39, 0.29) is 0 Å². The van der Waals surface area contributed by atoms with Gasteiger partial charge in [-0.05, 0) is 12.8 Å². The average molecular weight is 268 g/mol. The largest absolute Gasteiger partial charge is 0.378 e. The molecule has 4 nitrogen and oxygen atoms in total. The summed E-state index contributed by atoms with van der Waals surface area (Å²) in [6, 6.07) is 0. The van der Waals surface area contributed by atoms with Gasteiger partial charge in [-0.2, -0.15) is 0 Å². The molecule has 1 aromatic rings. The summed E-state index contributed by atoms with van der Waals surface area (Å²) in [6.45, 7) is 2.52. The van der Waals surface area contributed by atoms with Crippen LogP contribution >= 0.6 is 11.3 Å². The van der Waals surface area contributed by atoms with E-state index in [0.717, 1.165) is 30.2 Å². The number of carbonyl (C=O) groups excluding carboxylic acids is 1. The number of aldehydes is 1. The lowest BCUT2D eigenvalue weighted by Crippen LogP contribution is -2.26. The maximum atomic E-state index is 11.0. The highest BCUT2D eigenvalue weighted by atomic mass is 32.1. The number of hydrogen-bond donors (Lipinski definition) is 0. The van der Waals surface area contributed by atoms with Gasteiger partial charge in [-0.3, -0.25) is 4.79 Å². The number of hydrogen-bond acceptors (Lipinski definition) is 5. The van der Waals surface area contributed by atoms with Gasteiger partial charge in [0.15, 0.2) is 11.4 Å². The molecule has 0 saturated carbocycles. The van der Waals surface area contributed by atoms with Crippen molar-refractivity contribution in [2.75, 3.05) is 25.1 Å². The number of rotatable bonds is 4. The van der Waals surface area contributed by atoms with Gasteiger partial charge < -0.3 is 9.64 Å². The van der Waals surface area contributed by atoms with Gasteiger partial charge in [0.25, 0.3) is 0 Å². The van der Waals surface area contributed by atoms with Crippen LogP contribution < -0.4 is 4.90 Å². The molecule has 0 N–H and O–H groups in total. The first-order chi connectivity index (χ1) is 8.85. The van der Waals surface area contributed by atoms with Gasteiger partial charge in [-0.25, -0.2) is 4.98 Å². The van der Waals surface area contributed by atoms with E-state index in [4.69, 9.17) is 4.74 Å². The molecule has 0 radical (unpaired) electrons. The third-order valence-electron chi connectivity index (χ3n) is 3.23. The van der Waals surface area contributed by atoms with Crippen LogP contribution in [-0.2, 0) is 11.3 Å². The number of ether oxygens (including phenoxy) is 1. The van der Waals surface area contributed by atoms with Crippen molar-refractivity contribution in [1.29, 1.82) is 0 Å². The van der Waals surface area contributed by atoms with E-state index in [1.54, 1.807) is 7.11 Å². The number of aromatic nitrogens is 1. The fourth-order valence-corrected chi connectivity index (χ4v) is 3.19. The molecule has 1 fully saturated rings. The van der Waals surface area contributed by atoms with Crippen LogP contribution in [0.1, 0.15) is 47.5 Å². The van der Waals surface area contributed by atoms with Crippen LogP contribution in [0.15, 0.2) is 0 Å². The zero-order valence-electron chi connectivity index (χ0n) is 10.9. The summed E-state index contributed by atoms with van der Waals surface area (Å²) < 4.78 is 5.08. The second-order valence-corrected chi connectivity index (χ2v) is 5.62. The predicted octanol–water partition coefficient (Wildman–Crippen LogP) is 2.87. The van der Waals surface area contributed by atoms with Gasteiger partial charge in [0.05, 0.1) is 17.2 Å². The van der Waals surface area contributed by atoms with Crippen molar-refractivity contribution in [3.63, 3.8) is 0 Å². The Labute approximate surface area is 112 Å². The minimum absolute atomic E-state index is 0.415. The Morgan fingerprint density at radius 3 is 2.56 bits per heavy atom. The molecule has 2 rings (SSSR count). The monoisotopic (exact) mass is 268 g/mol. The van der Waals surface area contributed by atoms with Crippen molar-refractivity contribution in [1.82, 2.24) is 4.98 Å². The molecule has 0 bridgehead atoms. The fraction of sp³-hybridized carbons (Fsp3) is 0.692. The topological polar surface area (TPSA) is 42.4 Å². The number of nitrogens with zero attached hydrogens (tertiary/aromatic N) is 2. The van der Waals surface area contributed by atoms with Gasteiger partial charge in [0.1, 0.15) is 0 Å². The van der Waals surface area contributed by atoms with Crippen molar-refractivity contribution >= 4 is 22.8 Å². The zero-order chi connectivity index (χ0) is 12.8. The van der Waals surface area contributed by atoms with Crippen LogP contribution in [0.5, 0.6) is 0 Å². The lowest BCUT2D eigenvalue weighted by molar-refractivity contribution is 0.112. The standard InChI is InChI=1S/C13H20N2O2S/c1-17-10-11-12(9-16)18-13(14-11)15-7-5-3-2-4-6-8-15/h9H,2-8,10H2,1H3. The van der Waals surface area contributed by atoms with Crippen molar-refractivity contribution < 1.29 is 9.53 Å². The summed E-state index contributed by atoms with van der Waals surface area (Å²) in [7, 11) is 1.63. The van der Waals surface area contributed by atoms with Crippen LogP contribution in [0, 0.1) is 0 Å². The molecule has 0 aromatic carbocycles. The molecule has 1 aliphatic rings. The summed E-state index contributed by atoms with van der Waals surface area (Å²) >= 11 is 1.49. The van der Waals surface area contributed by atoms with Gasteiger partial charge in [-0.15, -0.1) is 0 Å². The fourth-order valence-electron chi connectivity index (χ4n) is 2.26. The Hall–Kier alpha value is -0.940. The van der Waals surface area contributed by atoms with E-state index in [9.17, 15) is 4.79 Å². The predicted molar refractivity (Wildman–Crippen MR) is 73.5 cm³/mol. The lowest BCUT2D eigenvalue weighted by atomic mass is 10.1. The SMILES string of the molecule is COCc1nc(N2CCCCCCC2)sc1C=O. The summed E-state index contributed by atoms with van der Waals surface area (Å²) in [6.07, 6.45) is 7.27. The number of methoxy groups -OCH3 is 1. The van der Waals surface area contributed by atoms with Crippen LogP contribution in [0.2, 0.25) is 0 Å². The Morgan fingerprint density at radius 1 is 1.28 bits per heavy atom. The minimum Gasteiger partial charge on any atom is -0.378 e. The Balaban J connectivity index is 2.12. The van der Waals surface area contributed by atoms with Crippen LogP contribution in [0.4, 0.5) is 5.13 Å². The van der Waals surface area contributed by atoms with Gasteiger partial charge in [0.2, 0.25) is 0 Å². The maximum absolute atomic E-state index is 11.0. The van der Waals surface area contributed by atoms with Crippen molar-refractivity contribution in [3.05, 3.63) is 10.6 Å². The Kier molecular flexibility index (Phi) is 5.13. The molecule has 5 heteroatoms. The summed E-state index contributed by atoms with van der Waals surface area (Å²) in [4.78, 5) is 18.6. The highest BCUT2D eigenvalue weighted by molar-refractivity contribution is 7.17. The lowest BCUT2D eigenvalue weighted by Gasteiger charge is -2.23. The number of anilines is 1. The van der Waals surface area contributed by atoms with Crippen molar-refractivity contribution in [3.8, 4) is 0 Å². The molecule has 1 aliphatic heterocycles. The normalized spacial score (nSPS) is 17.3. The highest BCUT2D eigenvalue weighted by Gasteiger charge is 2.16. The van der Waals surface area contributed by atoms with Crippen molar-refractivity contribution in [2.24, 2.45) is 0 Å². The third kappa shape index (κ3) is 3.29. The highest BCUT2D eigenvalue weighted by Crippen LogP contribution is 2.27. The van der Waals surface area contributed by atoms with E-state index in [2.05, 4.69) is 9.88 Å². The van der Waals surface area contributed by atoms with Gasteiger partial charge in [0, 0.05) is 20.2 Å². The van der Waals surface area contributed by atoms with E-state index >= 15 is 0 Å². The molecular weight excluding hydrogens is 248 g/mol. The second kappa shape index (κ2) is 6.85. The molecule has 1 aromatic heterocycles. The molecule has 2 heterocycles. The molecule has 0 atom stereocenters. The van der Waals surface area contributed by atoms with Gasteiger partial charge in [-0.1, -0.05) is 30.6 Å². The molecule has 100 valence electrons. The van der Waals surface area contributed by atoms with E-state index in [0.29, 0.717) is 11.5 Å². The molecule has 0 aliphatic carbocycles.